The molecule has 0 saturated carbocycles. The van der Waals surface area contributed by atoms with Crippen LogP contribution in [0.2, 0.25) is 5.15 Å². The Balaban J connectivity index is 2.87. The summed E-state index contributed by atoms with van der Waals surface area (Å²) in [5.41, 5.74) is 1.71. The smallest absolute Gasteiger partial charge is 0.171 e. The maximum absolute atomic E-state index is 5.96. The highest BCUT2D eigenvalue weighted by Gasteiger charge is 2.09. The van der Waals surface area contributed by atoms with Gasteiger partial charge in [-0.1, -0.05) is 11.6 Å². The molecule has 0 bridgehead atoms. The van der Waals surface area contributed by atoms with Crippen molar-refractivity contribution in [3.05, 3.63) is 16.5 Å². The molecule has 0 amide bonds. The minimum absolute atomic E-state index is 0.143. The van der Waals surface area contributed by atoms with E-state index in [4.69, 9.17) is 18.0 Å². The second-order valence-corrected chi connectivity index (χ2v) is 3.85. The molecule has 15 heavy (non-hydrogen) atoms. The zero-order valence-corrected chi connectivity index (χ0v) is 9.89. The van der Waals surface area contributed by atoms with Crippen molar-refractivity contribution in [2.24, 2.45) is 0 Å². The van der Waals surface area contributed by atoms with Crippen LogP contribution in [-0.2, 0) is 0 Å². The minimum atomic E-state index is 0.143. The zero-order chi connectivity index (χ0) is 11.4. The Morgan fingerprint density at radius 2 is 2.00 bits per heavy atom. The summed E-state index contributed by atoms with van der Waals surface area (Å²) in [7, 11) is 0. The van der Waals surface area contributed by atoms with Crippen LogP contribution in [-0.4, -0.2) is 16.0 Å². The number of hydrogen-bond acceptors (Lipinski definition) is 3. The predicted octanol–water partition coefficient (Wildman–Crippen LogP) is 2.57. The molecular formula is C11H14ClN3. The van der Waals surface area contributed by atoms with E-state index in [0.29, 0.717) is 17.4 Å². The fraction of sp³-hybridized carbons (Fsp3) is 0.455. The molecule has 80 valence electrons. The Morgan fingerprint density at radius 3 is 2.60 bits per heavy atom. The average Bonchev–Trinajstić information content (AvgIpc) is 2.14. The molecule has 1 N–H and O–H groups in total. The van der Waals surface area contributed by atoms with Gasteiger partial charge in [0, 0.05) is 12.5 Å². The highest BCUT2D eigenvalue weighted by Crippen LogP contribution is 2.19. The maximum atomic E-state index is 5.96. The molecule has 0 radical (unpaired) electrons. The number of nitrogens with zero attached hydrogens (tertiary/aromatic N) is 2. The van der Waals surface area contributed by atoms with Crippen LogP contribution in [0.4, 0.5) is 5.82 Å². The molecule has 1 aromatic heterocycles. The fourth-order valence-corrected chi connectivity index (χ4v) is 1.35. The first-order valence-corrected chi connectivity index (χ1v) is 5.13. The molecule has 1 unspecified atom stereocenters. The highest BCUT2D eigenvalue weighted by atomic mass is 35.5. The van der Waals surface area contributed by atoms with Crippen LogP contribution in [0.25, 0.3) is 0 Å². The first kappa shape index (κ1) is 11.8. The molecule has 1 heterocycles. The summed E-state index contributed by atoms with van der Waals surface area (Å²) < 4.78 is 0. The van der Waals surface area contributed by atoms with Crippen LogP contribution in [0.5, 0.6) is 0 Å². The molecule has 1 aromatic rings. The van der Waals surface area contributed by atoms with E-state index in [1.807, 2.05) is 20.8 Å². The summed E-state index contributed by atoms with van der Waals surface area (Å²) in [6.07, 6.45) is 5.85. The first-order chi connectivity index (χ1) is 7.04. The average molecular weight is 224 g/mol. The molecule has 1 rings (SSSR count). The summed E-state index contributed by atoms with van der Waals surface area (Å²) in [5.74, 6) is 3.18. The molecule has 0 aliphatic carbocycles. The van der Waals surface area contributed by atoms with Gasteiger partial charge in [0.25, 0.3) is 0 Å². The van der Waals surface area contributed by atoms with Crippen LogP contribution in [0.1, 0.15) is 24.7 Å². The molecular weight excluding hydrogens is 210 g/mol. The van der Waals surface area contributed by atoms with Crippen molar-refractivity contribution in [1.29, 1.82) is 0 Å². The SMILES string of the molecule is C#CCC(C)Nc1nc(C)c(C)nc1Cl. The number of hydrogen-bond donors (Lipinski definition) is 1. The Bertz CT molecular complexity index is 396. The van der Waals surface area contributed by atoms with Crippen molar-refractivity contribution < 1.29 is 0 Å². The van der Waals surface area contributed by atoms with Gasteiger partial charge in [0.2, 0.25) is 0 Å². The maximum Gasteiger partial charge on any atom is 0.171 e. The quantitative estimate of drug-likeness (QED) is 0.801. The summed E-state index contributed by atoms with van der Waals surface area (Å²) in [6, 6.07) is 0.143. The van der Waals surface area contributed by atoms with E-state index in [1.165, 1.54) is 0 Å². The molecule has 1 atom stereocenters. The van der Waals surface area contributed by atoms with Crippen molar-refractivity contribution in [3.63, 3.8) is 0 Å². The molecule has 0 aromatic carbocycles. The number of aromatic nitrogens is 2. The van der Waals surface area contributed by atoms with Gasteiger partial charge in [-0.15, -0.1) is 12.3 Å². The van der Waals surface area contributed by atoms with Crippen LogP contribution >= 0.6 is 11.6 Å². The Hall–Kier alpha value is -1.27. The third kappa shape index (κ3) is 3.10. The van der Waals surface area contributed by atoms with Gasteiger partial charge in [0.1, 0.15) is 0 Å². The molecule has 4 heteroatoms. The van der Waals surface area contributed by atoms with E-state index in [1.54, 1.807) is 0 Å². The van der Waals surface area contributed by atoms with Gasteiger partial charge in [-0.05, 0) is 20.8 Å². The minimum Gasteiger partial charge on any atom is -0.364 e. The monoisotopic (exact) mass is 223 g/mol. The number of nitrogens with one attached hydrogen (secondary N) is 1. The standard InChI is InChI=1S/C11H14ClN3/c1-5-6-7(2)13-11-10(12)14-8(3)9(4)15-11/h1,7H,6H2,2-4H3,(H,13,15). The fourth-order valence-electron chi connectivity index (χ4n) is 1.13. The lowest BCUT2D eigenvalue weighted by Crippen LogP contribution is -2.16. The molecule has 3 nitrogen and oxygen atoms in total. The van der Waals surface area contributed by atoms with Gasteiger partial charge >= 0.3 is 0 Å². The molecule has 0 saturated heterocycles. The van der Waals surface area contributed by atoms with Gasteiger partial charge in [0.15, 0.2) is 11.0 Å². The Kier molecular flexibility index (Phi) is 3.93. The number of aryl methyl sites for hydroxylation is 2. The van der Waals surface area contributed by atoms with E-state index in [9.17, 15) is 0 Å². The van der Waals surface area contributed by atoms with Crippen LogP contribution in [0.15, 0.2) is 0 Å². The van der Waals surface area contributed by atoms with E-state index >= 15 is 0 Å². The lowest BCUT2D eigenvalue weighted by molar-refractivity contribution is 0.816. The van der Waals surface area contributed by atoms with Gasteiger partial charge in [0.05, 0.1) is 11.4 Å². The molecule has 0 aliphatic rings. The lowest BCUT2D eigenvalue weighted by atomic mass is 10.2. The van der Waals surface area contributed by atoms with Crippen molar-refractivity contribution in [2.75, 3.05) is 5.32 Å². The number of rotatable bonds is 3. The van der Waals surface area contributed by atoms with Gasteiger partial charge in [-0.3, -0.25) is 0 Å². The normalized spacial score (nSPS) is 11.9. The van der Waals surface area contributed by atoms with Crippen LogP contribution < -0.4 is 5.32 Å². The Morgan fingerprint density at radius 1 is 1.40 bits per heavy atom. The lowest BCUT2D eigenvalue weighted by Gasteiger charge is -2.13. The summed E-state index contributed by atoms with van der Waals surface area (Å²) >= 11 is 5.96. The summed E-state index contributed by atoms with van der Waals surface area (Å²) in [5, 5.41) is 3.52. The number of halogens is 1. The number of anilines is 1. The van der Waals surface area contributed by atoms with Crippen molar-refractivity contribution in [3.8, 4) is 12.3 Å². The Labute approximate surface area is 95.3 Å². The number of terminal acetylenes is 1. The molecule has 0 spiro atoms. The predicted molar refractivity (Wildman–Crippen MR) is 63.1 cm³/mol. The van der Waals surface area contributed by atoms with Crippen molar-refractivity contribution >= 4 is 17.4 Å². The van der Waals surface area contributed by atoms with E-state index < -0.39 is 0 Å². The third-order valence-electron chi connectivity index (χ3n) is 2.07. The van der Waals surface area contributed by atoms with Crippen molar-refractivity contribution in [1.82, 2.24) is 9.97 Å². The van der Waals surface area contributed by atoms with E-state index in [0.717, 1.165) is 11.4 Å². The third-order valence-corrected chi connectivity index (χ3v) is 2.34. The van der Waals surface area contributed by atoms with Crippen LogP contribution in [0.3, 0.4) is 0 Å². The summed E-state index contributed by atoms with van der Waals surface area (Å²) in [4.78, 5) is 8.50. The van der Waals surface area contributed by atoms with Crippen LogP contribution in [0, 0.1) is 26.2 Å². The zero-order valence-electron chi connectivity index (χ0n) is 9.13. The van der Waals surface area contributed by atoms with Gasteiger partial charge in [-0.25, -0.2) is 9.97 Å². The first-order valence-electron chi connectivity index (χ1n) is 4.75. The molecule has 0 fully saturated rings. The second kappa shape index (κ2) is 4.99. The van der Waals surface area contributed by atoms with E-state index in [-0.39, 0.29) is 6.04 Å². The summed E-state index contributed by atoms with van der Waals surface area (Å²) in [6.45, 7) is 5.76. The van der Waals surface area contributed by atoms with Gasteiger partial charge in [-0.2, -0.15) is 0 Å². The highest BCUT2D eigenvalue weighted by molar-refractivity contribution is 6.31. The second-order valence-electron chi connectivity index (χ2n) is 3.49. The van der Waals surface area contributed by atoms with Gasteiger partial charge < -0.3 is 5.32 Å². The topological polar surface area (TPSA) is 37.8 Å². The van der Waals surface area contributed by atoms with E-state index in [2.05, 4.69) is 21.2 Å². The molecule has 0 aliphatic heterocycles. The van der Waals surface area contributed by atoms with Crippen molar-refractivity contribution in [2.45, 2.75) is 33.2 Å². The largest absolute Gasteiger partial charge is 0.364 e.